The van der Waals surface area contributed by atoms with Crippen LogP contribution in [0.3, 0.4) is 0 Å². The van der Waals surface area contributed by atoms with Crippen LogP contribution < -0.4 is 5.32 Å². The molecule has 0 aliphatic rings. The third-order valence-electron chi connectivity index (χ3n) is 4.46. The van der Waals surface area contributed by atoms with Crippen LogP contribution in [0.5, 0.6) is 0 Å². The fraction of sp³-hybridized carbons (Fsp3) is 0.941. The van der Waals surface area contributed by atoms with Gasteiger partial charge in [-0.15, -0.1) is 0 Å². The Morgan fingerprint density at radius 2 is 1.57 bits per heavy atom. The second-order valence-electron chi connectivity index (χ2n) is 6.87. The molecular formula is C17H35NO3. The Balaban J connectivity index is 4.55. The molecule has 0 heterocycles. The van der Waals surface area contributed by atoms with Gasteiger partial charge < -0.3 is 10.2 Å². The predicted molar refractivity (Wildman–Crippen MR) is 87.5 cm³/mol. The fourth-order valence-corrected chi connectivity index (χ4v) is 2.49. The normalized spacial score (nSPS) is 17.2. The first-order valence-corrected chi connectivity index (χ1v) is 8.43. The first-order chi connectivity index (χ1) is 9.83. The monoisotopic (exact) mass is 301 g/mol. The van der Waals surface area contributed by atoms with Gasteiger partial charge in [0.2, 0.25) is 0 Å². The molecule has 126 valence electrons. The lowest BCUT2D eigenvalue weighted by molar-refractivity contribution is -0.146. The van der Waals surface area contributed by atoms with Crippen LogP contribution in [0.1, 0.15) is 79.1 Å². The molecule has 0 rings (SSSR count). The molecule has 0 aromatic carbocycles. The van der Waals surface area contributed by atoms with Crippen LogP contribution >= 0.6 is 0 Å². The summed E-state index contributed by atoms with van der Waals surface area (Å²) in [4.78, 5) is 11.3. The van der Waals surface area contributed by atoms with E-state index in [1.807, 2.05) is 0 Å². The van der Waals surface area contributed by atoms with E-state index < -0.39 is 11.5 Å². The number of hydrogen-bond donors (Lipinski definition) is 3. The molecular weight excluding hydrogens is 266 g/mol. The van der Waals surface area contributed by atoms with Crippen LogP contribution in [-0.4, -0.2) is 34.9 Å². The van der Waals surface area contributed by atoms with Gasteiger partial charge in [0, 0.05) is 6.54 Å². The predicted octanol–water partition coefficient (Wildman–Crippen LogP) is 3.58. The lowest BCUT2D eigenvalue weighted by Crippen LogP contribution is -2.55. The highest BCUT2D eigenvalue weighted by molar-refractivity contribution is 5.78. The van der Waals surface area contributed by atoms with E-state index in [-0.39, 0.29) is 12.0 Å². The van der Waals surface area contributed by atoms with Crippen molar-refractivity contribution in [2.75, 3.05) is 13.2 Å². The Morgan fingerprint density at radius 1 is 1.00 bits per heavy atom. The van der Waals surface area contributed by atoms with Gasteiger partial charge in [0.1, 0.15) is 5.54 Å². The van der Waals surface area contributed by atoms with Gasteiger partial charge in [0.05, 0.1) is 6.61 Å². The number of aliphatic carboxylic acids is 1. The Kier molecular flexibility index (Phi) is 9.88. The minimum absolute atomic E-state index is 0.107. The summed E-state index contributed by atoms with van der Waals surface area (Å²) in [6.07, 6.45) is 9.46. The molecule has 4 heteroatoms. The van der Waals surface area contributed by atoms with Crippen LogP contribution in [0, 0.1) is 5.41 Å². The topological polar surface area (TPSA) is 69.6 Å². The summed E-state index contributed by atoms with van der Waals surface area (Å²) in [5.74, 6) is -0.992. The maximum absolute atomic E-state index is 11.3. The molecule has 0 bridgehead atoms. The van der Waals surface area contributed by atoms with Gasteiger partial charge in [-0.3, -0.25) is 10.1 Å². The molecule has 0 radical (unpaired) electrons. The van der Waals surface area contributed by atoms with E-state index in [2.05, 4.69) is 26.1 Å². The van der Waals surface area contributed by atoms with Crippen molar-refractivity contribution in [3.8, 4) is 0 Å². The maximum Gasteiger partial charge on any atom is 0.326 e. The summed E-state index contributed by atoms with van der Waals surface area (Å²) < 4.78 is 0. The average molecular weight is 301 g/mol. The molecule has 1 unspecified atom stereocenters. The van der Waals surface area contributed by atoms with Gasteiger partial charge in [-0.25, -0.2) is 0 Å². The van der Waals surface area contributed by atoms with Crippen molar-refractivity contribution in [1.29, 1.82) is 0 Å². The first kappa shape index (κ1) is 20.4. The zero-order valence-electron chi connectivity index (χ0n) is 14.4. The minimum Gasteiger partial charge on any atom is -0.480 e. The molecule has 0 spiro atoms. The van der Waals surface area contributed by atoms with Gasteiger partial charge in [-0.05, 0) is 25.2 Å². The molecule has 3 N–H and O–H groups in total. The molecule has 0 aliphatic carbocycles. The summed E-state index contributed by atoms with van der Waals surface area (Å²) in [6, 6.07) is 0. The third-order valence-corrected chi connectivity index (χ3v) is 4.46. The Labute approximate surface area is 130 Å². The van der Waals surface area contributed by atoms with Crippen LogP contribution in [0.4, 0.5) is 0 Å². The van der Waals surface area contributed by atoms with Crippen molar-refractivity contribution < 1.29 is 15.0 Å². The maximum atomic E-state index is 11.3. The number of carbonyl (C=O) groups is 1. The summed E-state index contributed by atoms with van der Waals surface area (Å²) in [6.45, 7) is 8.43. The summed E-state index contributed by atoms with van der Waals surface area (Å²) in [5.41, 5.74) is -1.13. The van der Waals surface area contributed by atoms with Crippen molar-refractivity contribution in [2.45, 2.75) is 84.6 Å². The van der Waals surface area contributed by atoms with E-state index in [1.54, 1.807) is 6.92 Å². The molecule has 0 amide bonds. The second-order valence-corrected chi connectivity index (χ2v) is 6.87. The highest BCUT2D eigenvalue weighted by Crippen LogP contribution is 2.31. The van der Waals surface area contributed by atoms with E-state index in [0.29, 0.717) is 6.54 Å². The van der Waals surface area contributed by atoms with E-state index in [9.17, 15) is 15.0 Å². The van der Waals surface area contributed by atoms with E-state index in [1.165, 1.54) is 25.7 Å². The quantitative estimate of drug-likeness (QED) is 0.455. The van der Waals surface area contributed by atoms with Gasteiger partial charge in [-0.2, -0.15) is 0 Å². The zero-order chi connectivity index (χ0) is 16.4. The lowest BCUT2D eigenvalue weighted by Gasteiger charge is -2.34. The fourth-order valence-electron chi connectivity index (χ4n) is 2.49. The van der Waals surface area contributed by atoms with Crippen molar-refractivity contribution in [3.05, 3.63) is 0 Å². The SMILES string of the molecule is CCCCCCC(C)(CCCC)CN[C@](C)(CO)C(=O)O. The second kappa shape index (κ2) is 10.2. The van der Waals surface area contributed by atoms with Crippen molar-refractivity contribution in [2.24, 2.45) is 5.41 Å². The average Bonchev–Trinajstić information content (AvgIpc) is 2.47. The number of carboxylic acid groups (broad SMARTS) is 1. The van der Waals surface area contributed by atoms with Gasteiger partial charge in [0.15, 0.2) is 0 Å². The number of aliphatic hydroxyl groups is 1. The van der Waals surface area contributed by atoms with Gasteiger partial charge >= 0.3 is 5.97 Å². The largest absolute Gasteiger partial charge is 0.480 e. The number of hydrogen-bond acceptors (Lipinski definition) is 3. The Morgan fingerprint density at radius 3 is 2.05 bits per heavy atom. The zero-order valence-corrected chi connectivity index (χ0v) is 14.4. The highest BCUT2D eigenvalue weighted by atomic mass is 16.4. The third kappa shape index (κ3) is 7.82. The van der Waals surface area contributed by atoms with Crippen LogP contribution in [0.2, 0.25) is 0 Å². The number of nitrogens with one attached hydrogen (secondary N) is 1. The standard InChI is InChI=1S/C17H35NO3/c1-5-7-9-10-12-16(3,11-8-6-2)13-18-17(4,14-19)15(20)21/h18-19H,5-14H2,1-4H3,(H,20,21)/t16?,17-/m1/s1. The highest BCUT2D eigenvalue weighted by Gasteiger charge is 2.34. The van der Waals surface area contributed by atoms with E-state index in [4.69, 9.17) is 0 Å². The molecule has 4 nitrogen and oxygen atoms in total. The Bertz CT molecular complexity index is 296. The number of carboxylic acids is 1. The Hall–Kier alpha value is -0.610. The molecule has 21 heavy (non-hydrogen) atoms. The van der Waals surface area contributed by atoms with Gasteiger partial charge in [0.25, 0.3) is 0 Å². The van der Waals surface area contributed by atoms with E-state index >= 15 is 0 Å². The van der Waals surface area contributed by atoms with Crippen LogP contribution in [0.25, 0.3) is 0 Å². The number of unbranched alkanes of at least 4 members (excludes halogenated alkanes) is 4. The molecule has 0 aromatic rings. The van der Waals surface area contributed by atoms with E-state index in [0.717, 1.165) is 25.7 Å². The molecule has 0 aromatic heterocycles. The molecule has 0 saturated heterocycles. The van der Waals surface area contributed by atoms with Crippen LogP contribution in [0.15, 0.2) is 0 Å². The molecule has 0 fully saturated rings. The number of aliphatic hydroxyl groups excluding tert-OH is 1. The van der Waals surface area contributed by atoms with Gasteiger partial charge in [-0.1, -0.05) is 59.3 Å². The first-order valence-electron chi connectivity index (χ1n) is 8.43. The summed E-state index contributed by atoms with van der Waals surface area (Å²) in [5, 5.41) is 21.6. The molecule has 0 aliphatic heterocycles. The van der Waals surface area contributed by atoms with Crippen molar-refractivity contribution in [1.82, 2.24) is 5.32 Å². The lowest BCUT2D eigenvalue weighted by atomic mass is 9.79. The minimum atomic E-state index is -1.24. The summed E-state index contributed by atoms with van der Waals surface area (Å²) >= 11 is 0. The van der Waals surface area contributed by atoms with Crippen molar-refractivity contribution in [3.63, 3.8) is 0 Å². The number of rotatable bonds is 13. The molecule has 0 saturated carbocycles. The smallest absolute Gasteiger partial charge is 0.326 e. The van der Waals surface area contributed by atoms with Crippen LogP contribution in [-0.2, 0) is 4.79 Å². The van der Waals surface area contributed by atoms with Crippen molar-refractivity contribution >= 4 is 5.97 Å². The molecule has 2 atom stereocenters. The summed E-state index contributed by atoms with van der Waals surface area (Å²) in [7, 11) is 0.